The van der Waals surface area contributed by atoms with Crippen LogP contribution in [-0.2, 0) is 9.59 Å². The second kappa shape index (κ2) is 9.45. The fourth-order valence-electron chi connectivity index (χ4n) is 3.29. The fourth-order valence-corrected chi connectivity index (χ4v) is 3.29. The maximum atomic E-state index is 13.1. The molecular formula is C23H26N2O5. The highest BCUT2D eigenvalue weighted by atomic mass is 16.5. The van der Waals surface area contributed by atoms with Gasteiger partial charge in [-0.05, 0) is 36.8 Å². The predicted octanol–water partition coefficient (Wildman–Crippen LogP) is 2.09. The van der Waals surface area contributed by atoms with E-state index in [1.807, 2.05) is 31.2 Å². The topological polar surface area (TPSA) is 79.3 Å². The van der Waals surface area contributed by atoms with Crippen LogP contribution in [0.25, 0.3) is 5.57 Å². The lowest BCUT2D eigenvalue weighted by atomic mass is 10.0. The van der Waals surface area contributed by atoms with E-state index in [9.17, 15) is 14.7 Å². The Morgan fingerprint density at radius 2 is 1.60 bits per heavy atom. The fraction of sp³-hybridized carbons (Fsp3) is 0.304. The molecule has 3 rings (SSSR count). The molecule has 0 saturated carbocycles. The molecule has 0 aromatic heterocycles. The van der Waals surface area contributed by atoms with E-state index in [2.05, 4.69) is 0 Å². The Morgan fingerprint density at radius 1 is 0.967 bits per heavy atom. The highest BCUT2D eigenvalue weighted by molar-refractivity contribution is 6.35. The third kappa shape index (κ3) is 4.46. The number of aliphatic hydroxyl groups excluding tert-OH is 1. The number of carbonyl (C=O) groups excluding carboxylic acids is 2. The van der Waals surface area contributed by atoms with E-state index in [0.717, 1.165) is 11.3 Å². The van der Waals surface area contributed by atoms with Gasteiger partial charge in [0.25, 0.3) is 11.8 Å². The second-order valence-electron chi connectivity index (χ2n) is 7.02. The second-order valence-corrected chi connectivity index (χ2v) is 7.02. The average molecular weight is 410 g/mol. The molecule has 0 aliphatic carbocycles. The van der Waals surface area contributed by atoms with Crippen LogP contribution in [-0.4, -0.2) is 67.2 Å². The number of amides is 2. The Labute approximate surface area is 176 Å². The summed E-state index contributed by atoms with van der Waals surface area (Å²) in [6.07, 6.45) is 0. The number of methoxy groups -OCH3 is 1. The van der Waals surface area contributed by atoms with Crippen LogP contribution in [0.5, 0.6) is 11.5 Å². The summed E-state index contributed by atoms with van der Waals surface area (Å²) in [5.41, 5.74) is 2.38. The molecule has 0 fully saturated rings. The number of aryl methyl sites for hydroxylation is 1. The van der Waals surface area contributed by atoms with E-state index in [0.29, 0.717) is 22.6 Å². The number of ether oxygens (including phenoxy) is 2. The van der Waals surface area contributed by atoms with Gasteiger partial charge in [-0.15, -0.1) is 0 Å². The molecule has 7 nitrogen and oxygen atoms in total. The zero-order valence-electron chi connectivity index (χ0n) is 17.4. The first kappa shape index (κ1) is 21.4. The molecule has 2 aromatic carbocycles. The quantitative estimate of drug-likeness (QED) is 0.638. The molecule has 158 valence electrons. The summed E-state index contributed by atoms with van der Waals surface area (Å²) >= 11 is 0. The lowest BCUT2D eigenvalue weighted by Gasteiger charge is -2.20. The van der Waals surface area contributed by atoms with E-state index in [1.165, 1.54) is 4.90 Å². The molecule has 1 N–H and O–H groups in total. The highest BCUT2D eigenvalue weighted by Gasteiger charge is 2.40. The largest absolute Gasteiger partial charge is 0.497 e. The first-order chi connectivity index (χ1) is 14.5. The van der Waals surface area contributed by atoms with Crippen molar-refractivity contribution in [3.63, 3.8) is 0 Å². The maximum Gasteiger partial charge on any atom is 0.277 e. The predicted molar refractivity (Wildman–Crippen MR) is 113 cm³/mol. The molecule has 0 spiro atoms. The van der Waals surface area contributed by atoms with Gasteiger partial charge in [0, 0.05) is 13.6 Å². The molecule has 7 heteroatoms. The van der Waals surface area contributed by atoms with Crippen LogP contribution in [0, 0.1) is 6.92 Å². The number of hydrogen-bond donors (Lipinski definition) is 1. The number of aliphatic hydroxyl groups is 1. The molecule has 0 bridgehead atoms. The lowest BCUT2D eigenvalue weighted by Crippen LogP contribution is -2.37. The van der Waals surface area contributed by atoms with Crippen LogP contribution in [0.15, 0.2) is 54.2 Å². The van der Waals surface area contributed by atoms with Crippen LogP contribution in [0.2, 0.25) is 0 Å². The van der Waals surface area contributed by atoms with Gasteiger partial charge in [0.15, 0.2) is 0 Å². The molecule has 2 amide bonds. The monoisotopic (exact) mass is 410 g/mol. The Bertz CT molecular complexity index is 935. The van der Waals surface area contributed by atoms with Gasteiger partial charge >= 0.3 is 0 Å². The minimum Gasteiger partial charge on any atom is -0.497 e. The average Bonchev–Trinajstić information content (AvgIpc) is 3.00. The van der Waals surface area contributed by atoms with Crippen molar-refractivity contribution in [2.24, 2.45) is 0 Å². The summed E-state index contributed by atoms with van der Waals surface area (Å²) in [5.74, 6) is 0.599. The van der Waals surface area contributed by atoms with Crippen molar-refractivity contribution in [1.82, 2.24) is 9.80 Å². The minimum absolute atomic E-state index is 0.121. The third-order valence-electron chi connectivity index (χ3n) is 4.94. The Hall–Kier alpha value is -3.32. The van der Waals surface area contributed by atoms with Crippen molar-refractivity contribution >= 4 is 17.4 Å². The SMILES string of the molecule is COc1ccc(OCCN2C(=O)C(c3ccc(C)cc3)=C(N(C)CCO)C2=O)cc1. The Morgan fingerprint density at radius 3 is 2.20 bits per heavy atom. The first-order valence-corrected chi connectivity index (χ1v) is 9.72. The Kier molecular flexibility index (Phi) is 6.74. The van der Waals surface area contributed by atoms with Gasteiger partial charge in [-0.1, -0.05) is 29.8 Å². The molecule has 1 aliphatic heterocycles. The van der Waals surface area contributed by atoms with Crippen LogP contribution in [0.4, 0.5) is 0 Å². The number of benzene rings is 2. The van der Waals surface area contributed by atoms with Gasteiger partial charge in [-0.25, -0.2) is 0 Å². The summed E-state index contributed by atoms with van der Waals surface area (Å²) in [6, 6.07) is 14.6. The van der Waals surface area contributed by atoms with Crippen LogP contribution in [0.1, 0.15) is 11.1 Å². The van der Waals surface area contributed by atoms with Crippen LogP contribution in [0.3, 0.4) is 0 Å². The van der Waals surface area contributed by atoms with Crippen molar-refractivity contribution in [2.75, 3.05) is 40.5 Å². The van der Waals surface area contributed by atoms with Gasteiger partial charge in [0.2, 0.25) is 0 Å². The molecule has 0 radical (unpaired) electrons. The van der Waals surface area contributed by atoms with Crippen molar-refractivity contribution in [1.29, 1.82) is 0 Å². The van der Waals surface area contributed by atoms with Gasteiger partial charge in [-0.2, -0.15) is 0 Å². The van der Waals surface area contributed by atoms with Gasteiger partial charge < -0.3 is 19.5 Å². The van der Waals surface area contributed by atoms with E-state index in [4.69, 9.17) is 9.47 Å². The van der Waals surface area contributed by atoms with E-state index >= 15 is 0 Å². The van der Waals surface area contributed by atoms with E-state index in [1.54, 1.807) is 43.3 Å². The van der Waals surface area contributed by atoms with Crippen molar-refractivity contribution in [3.8, 4) is 11.5 Å². The molecule has 1 aliphatic rings. The zero-order valence-corrected chi connectivity index (χ0v) is 17.4. The molecule has 0 atom stereocenters. The maximum absolute atomic E-state index is 13.1. The van der Waals surface area contributed by atoms with Crippen molar-refractivity contribution in [3.05, 3.63) is 65.4 Å². The number of likely N-dealkylation sites (N-methyl/N-ethyl adjacent to an activating group) is 1. The lowest BCUT2D eigenvalue weighted by molar-refractivity contribution is -0.137. The highest BCUT2D eigenvalue weighted by Crippen LogP contribution is 2.31. The third-order valence-corrected chi connectivity index (χ3v) is 4.94. The summed E-state index contributed by atoms with van der Waals surface area (Å²) in [5, 5.41) is 9.31. The van der Waals surface area contributed by atoms with Gasteiger partial charge in [0.1, 0.15) is 23.8 Å². The summed E-state index contributed by atoms with van der Waals surface area (Å²) in [4.78, 5) is 29.0. The normalized spacial score (nSPS) is 13.8. The van der Waals surface area contributed by atoms with Crippen LogP contribution >= 0.6 is 0 Å². The number of rotatable bonds is 9. The first-order valence-electron chi connectivity index (χ1n) is 9.72. The molecule has 2 aromatic rings. The molecule has 1 heterocycles. The number of hydrogen-bond acceptors (Lipinski definition) is 6. The standard InChI is InChI=1S/C23H26N2O5/c1-16-4-6-17(7-5-16)20-21(24(2)12-14-26)23(28)25(22(20)27)13-15-30-19-10-8-18(29-3)9-11-19/h4-11,26H,12-15H2,1-3H3. The number of nitrogens with zero attached hydrogens (tertiary/aromatic N) is 2. The molecule has 30 heavy (non-hydrogen) atoms. The zero-order chi connectivity index (χ0) is 21.7. The van der Waals surface area contributed by atoms with Crippen molar-refractivity contribution in [2.45, 2.75) is 6.92 Å². The van der Waals surface area contributed by atoms with Gasteiger partial charge in [0.05, 0.1) is 25.8 Å². The summed E-state index contributed by atoms with van der Waals surface area (Å²) in [7, 11) is 3.28. The van der Waals surface area contributed by atoms with E-state index in [-0.39, 0.29) is 38.1 Å². The Balaban J connectivity index is 1.78. The smallest absolute Gasteiger partial charge is 0.277 e. The minimum atomic E-state index is -0.384. The van der Waals surface area contributed by atoms with Crippen molar-refractivity contribution < 1.29 is 24.2 Å². The molecular weight excluding hydrogens is 384 g/mol. The van der Waals surface area contributed by atoms with Gasteiger partial charge in [-0.3, -0.25) is 14.5 Å². The number of imide groups is 1. The van der Waals surface area contributed by atoms with E-state index < -0.39 is 0 Å². The van der Waals surface area contributed by atoms with Crippen LogP contribution < -0.4 is 9.47 Å². The molecule has 0 unspecified atom stereocenters. The summed E-state index contributed by atoms with van der Waals surface area (Å²) in [6.45, 7) is 2.38. The summed E-state index contributed by atoms with van der Waals surface area (Å²) < 4.78 is 10.8. The number of carbonyl (C=O) groups is 2. The molecule has 0 saturated heterocycles.